The van der Waals surface area contributed by atoms with E-state index in [0.717, 1.165) is 17.0 Å². The van der Waals surface area contributed by atoms with Crippen LogP contribution in [0.25, 0.3) is 10.9 Å². The Hall–Kier alpha value is -3.54. The molecule has 0 radical (unpaired) electrons. The number of benzene rings is 2. The first-order valence-corrected chi connectivity index (χ1v) is 16.3. The highest BCUT2D eigenvalue weighted by molar-refractivity contribution is 6.34. The Bertz CT molecular complexity index is 1620. The molecule has 2 N–H and O–H groups in total. The van der Waals surface area contributed by atoms with Crippen molar-refractivity contribution < 1.29 is 33.0 Å². The number of carboxylic acids is 1. The summed E-state index contributed by atoms with van der Waals surface area (Å²) >= 11 is 6.51. The number of aromatic nitrogens is 1. The van der Waals surface area contributed by atoms with Crippen LogP contribution in [0.3, 0.4) is 0 Å². The van der Waals surface area contributed by atoms with E-state index in [1.165, 1.54) is 6.07 Å². The molecular weight excluding hydrogens is 618 g/mol. The Labute approximate surface area is 271 Å². The lowest BCUT2D eigenvalue weighted by atomic mass is 9.87. The van der Waals surface area contributed by atoms with Crippen molar-refractivity contribution in [2.45, 2.75) is 69.3 Å². The van der Waals surface area contributed by atoms with Gasteiger partial charge in [0, 0.05) is 49.8 Å². The third-order valence-electron chi connectivity index (χ3n) is 9.81. The maximum absolute atomic E-state index is 15.4. The molecule has 3 aromatic rings. The number of carbonyl (C=O) groups is 3. The molecule has 1 aromatic heterocycles. The van der Waals surface area contributed by atoms with Gasteiger partial charge < -0.3 is 24.6 Å². The van der Waals surface area contributed by atoms with Crippen LogP contribution in [0.1, 0.15) is 54.4 Å². The van der Waals surface area contributed by atoms with Crippen LogP contribution in [0.2, 0.25) is 5.02 Å². The average Bonchev–Trinajstić information content (AvgIpc) is 3.76. The summed E-state index contributed by atoms with van der Waals surface area (Å²) in [5.41, 5.74) is 1.52. The molecule has 246 valence electrons. The molecule has 2 saturated heterocycles. The lowest BCUT2D eigenvalue weighted by Crippen LogP contribution is -2.41. The number of fused-ring (bicyclic) bond motifs is 1. The quantitative estimate of drug-likeness (QED) is 0.318. The first-order valence-electron chi connectivity index (χ1n) is 15.9. The molecule has 12 heteroatoms. The summed E-state index contributed by atoms with van der Waals surface area (Å²) in [6.07, 6.45) is 3.98. The highest BCUT2D eigenvalue weighted by atomic mass is 35.5. The second-order valence-electron chi connectivity index (χ2n) is 12.8. The van der Waals surface area contributed by atoms with Crippen molar-refractivity contribution in [3.8, 4) is 0 Å². The second kappa shape index (κ2) is 13.7. The van der Waals surface area contributed by atoms with Crippen molar-refractivity contribution in [2.75, 3.05) is 31.6 Å². The van der Waals surface area contributed by atoms with Gasteiger partial charge in [-0.15, -0.1) is 0 Å². The van der Waals surface area contributed by atoms with Gasteiger partial charge >= 0.3 is 5.97 Å². The van der Waals surface area contributed by atoms with Crippen molar-refractivity contribution >= 4 is 46.0 Å². The van der Waals surface area contributed by atoms with Gasteiger partial charge in [-0.25, -0.2) is 8.78 Å². The molecule has 3 fully saturated rings. The lowest BCUT2D eigenvalue weighted by Gasteiger charge is -2.30. The fraction of sp³-hybridized carbons (Fsp3) is 0.500. The van der Waals surface area contributed by atoms with E-state index in [1.54, 1.807) is 11.1 Å². The van der Waals surface area contributed by atoms with E-state index in [9.17, 15) is 23.9 Å². The molecule has 9 nitrogen and oxygen atoms in total. The van der Waals surface area contributed by atoms with Gasteiger partial charge in [-0.1, -0.05) is 29.8 Å². The number of carbonyl (C=O) groups excluding carboxylic acids is 2. The summed E-state index contributed by atoms with van der Waals surface area (Å²) in [6.45, 7) is 1.62. The first kappa shape index (κ1) is 32.4. The standard InChI is InChI=1S/C34H39ClF2N4O5/c1-39-18-27(26-4-2-3-5-31(26)39)33(43)38-30-15-29(37)21(12-28(30)35)13-32(42)41-17-23(40-11-10-22(36)16-40)14-24(41)19-46-25-8-6-20(7-9-25)34(44)45/h2-5,12,15,18,20,22-25H,6-11,13-14,16-17,19H2,1H3,(H,38,43)(H,44,45)/t20-,22-,23-,24-,25-/m0/s1. The van der Waals surface area contributed by atoms with Crippen molar-refractivity contribution in [3.05, 3.63) is 64.6 Å². The van der Waals surface area contributed by atoms with E-state index in [1.807, 2.05) is 35.9 Å². The number of para-hydroxylation sites is 1. The van der Waals surface area contributed by atoms with E-state index in [4.69, 9.17) is 16.3 Å². The first-order chi connectivity index (χ1) is 22.1. The molecule has 2 aromatic carbocycles. The van der Waals surface area contributed by atoms with E-state index < -0.39 is 23.9 Å². The van der Waals surface area contributed by atoms with Crippen molar-refractivity contribution in [2.24, 2.45) is 13.0 Å². The van der Waals surface area contributed by atoms with Gasteiger partial charge in [-0.05, 0) is 62.3 Å². The highest BCUT2D eigenvalue weighted by Crippen LogP contribution is 2.32. The Balaban J connectivity index is 1.13. The van der Waals surface area contributed by atoms with Crippen LogP contribution in [-0.4, -0.2) is 87.9 Å². The number of likely N-dealkylation sites (tertiary alicyclic amines) is 2. The molecule has 46 heavy (non-hydrogen) atoms. The van der Waals surface area contributed by atoms with Crippen molar-refractivity contribution in [1.29, 1.82) is 0 Å². The van der Waals surface area contributed by atoms with Crippen LogP contribution in [0.15, 0.2) is 42.6 Å². The minimum atomic E-state index is -0.889. The monoisotopic (exact) mass is 656 g/mol. The number of nitrogens with zero attached hydrogens (tertiary/aromatic N) is 3. The van der Waals surface area contributed by atoms with Gasteiger partial charge in [0.2, 0.25) is 5.91 Å². The average molecular weight is 657 g/mol. The molecule has 6 rings (SSSR count). The number of aliphatic carboxylic acids is 1. The van der Waals surface area contributed by atoms with Crippen LogP contribution in [0, 0.1) is 11.7 Å². The van der Waals surface area contributed by atoms with Gasteiger partial charge in [0.25, 0.3) is 5.91 Å². The Kier molecular flexibility index (Phi) is 9.63. The number of rotatable bonds is 9. The SMILES string of the molecule is Cn1cc(C(=O)Nc2cc(F)c(CC(=O)N3C[C@@H](N4CC[C@H](F)C4)C[C@H]3CO[C@H]3CC[C@H](C(=O)O)CC3)cc2Cl)c2ccccc21. The van der Waals surface area contributed by atoms with Crippen LogP contribution in [-0.2, 0) is 27.8 Å². The van der Waals surface area contributed by atoms with Gasteiger partial charge in [0.15, 0.2) is 0 Å². The highest BCUT2D eigenvalue weighted by Gasteiger charge is 2.41. The van der Waals surface area contributed by atoms with Crippen LogP contribution in [0.4, 0.5) is 14.5 Å². The molecule has 1 saturated carbocycles. The number of alkyl halides is 1. The maximum Gasteiger partial charge on any atom is 0.306 e. The predicted octanol–water partition coefficient (Wildman–Crippen LogP) is 5.44. The summed E-state index contributed by atoms with van der Waals surface area (Å²) in [6, 6.07) is 9.68. The summed E-state index contributed by atoms with van der Waals surface area (Å²) < 4.78 is 37.5. The Morgan fingerprint density at radius 3 is 2.57 bits per heavy atom. The summed E-state index contributed by atoms with van der Waals surface area (Å²) in [4.78, 5) is 41.9. The molecule has 0 spiro atoms. The zero-order valence-electron chi connectivity index (χ0n) is 25.8. The number of carboxylic acid groups (broad SMARTS) is 1. The van der Waals surface area contributed by atoms with Gasteiger partial charge in [-0.2, -0.15) is 0 Å². The number of amides is 2. The Morgan fingerprint density at radius 2 is 1.85 bits per heavy atom. The topological polar surface area (TPSA) is 104 Å². The van der Waals surface area contributed by atoms with Crippen molar-refractivity contribution in [1.82, 2.24) is 14.4 Å². The zero-order chi connectivity index (χ0) is 32.5. The normalized spacial score (nSPS) is 25.3. The molecule has 2 amide bonds. The lowest BCUT2D eigenvalue weighted by molar-refractivity contribution is -0.144. The van der Waals surface area contributed by atoms with E-state index >= 15 is 4.39 Å². The molecule has 0 unspecified atom stereocenters. The van der Waals surface area contributed by atoms with Gasteiger partial charge in [-0.3, -0.25) is 19.3 Å². The molecular formula is C34H39ClF2N4O5. The van der Waals surface area contributed by atoms with Crippen LogP contribution in [0.5, 0.6) is 0 Å². The summed E-state index contributed by atoms with van der Waals surface area (Å²) in [5, 5.41) is 12.9. The zero-order valence-corrected chi connectivity index (χ0v) is 26.5. The molecule has 1 aliphatic carbocycles. The Morgan fingerprint density at radius 1 is 1.09 bits per heavy atom. The number of aryl methyl sites for hydroxylation is 1. The smallest absolute Gasteiger partial charge is 0.306 e. The number of hydrogen-bond acceptors (Lipinski definition) is 5. The minimum absolute atomic E-state index is 0.0267. The molecule has 0 bridgehead atoms. The molecule has 3 atom stereocenters. The van der Waals surface area contributed by atoms with E-state index in [-0.39, 0.29) is 59.3 Å². The van der Waals surface area contributed by atoms with Crippen LogP contribution < -0.4 is 5.32 Å². The van der Waals surface area contributed by atoms with E-state index in [0.29, 0.717) is 63.7 Å². The molecule has 3 heterocycles. The fourth-order valence-corrected chi connectivity index (χ4v) is 7.45. The molecule has 2 aliphatic heterocycles. The number of ether oxygens (including phenoxy) is 1. The number of nitrogens with one attached hydrogen (secondary N) is 1. The maximum atomic E-state index is 15.4. The third-order valence-corrected chi connectivity index (χ3v) is 10.1. The number of halogens is 3. The van der Waals surface area contributed by atoms with E-state index in [2.05, 4.69) is 10.2 Å². The number of anilines is 1. The minimum Gasteiger partial charge on any atom is -0.481 e. The third kappa shape index (κ3) is 6.91. The van der Waals surface area contributed by atoms with Gasteiger partial charge in [0.05, 0.1) is 47.4 Å². The molecule has 3 aliphatic rings. The summed E-state index contributed by atoms with van der Waals surface area (Å²) in [7, 11) is 1.84. The second-order valence-corrected chi connectivity index (χ2v) is 13.2. The van der Waals surface area contributed by atoms with Crippen LogP contribution >= 0.6 is 11.6 Å². The van der Waals surface area contributed by atoms with Crippen molar-refractivity contribution in [3.63, 3.8) is 0 Å². The number of hydrogen-bond donors (Lipinski definition) is 2. The van der Waals surface area contributed by atoms with Gasteiger partial charge in [0.1, 0.15) is 12.0 Å². The summed E-state index contributed by atoms with van der Waals surface area (Å²) in [5.74, 6) is -2.51. The fourth-order valence-electron chi connectivity index (χ4n) is 7.21. The largest absolute Gasteiger partial charge is 0.481 e. The predicted molar refractivity (Wildman–Crippen MR) is 170 cm³/mol.